The van der Waals surface area contributed by atoms with Crippen LogP contribution in [0.2, 0.25) is 0 Å². The second kappa shape index (κ2) is 13.0. The molecule has 0 N–H and O–H groups in total. The lowest BCUT2D eigenvalue weighted by Crippen LogP contribution is -2.39. The highest BCUT2D eigenvalue weighted by Gasteiger charge is 2.14. The molecular weight excluding hydrogens is 346 g/mol. The fraction of sp³-hybridized carbons (Fsp3) is 0.714. The van der Waals surface area contributed by atoms with E-state index in [4.69, 9.17) is 0 Å². The summed E-state index contributed by atoms with van der Waals surface area (Å²) in [5, 5.41) is 1.17. The Balaban J connectivity index is 1.95. The Hall–Kier alpha value is -0.340. The Morgan fingerprint density at radius 1 is 0.696 bits per heavy atom. The summed E-state index contributed by atoms with van der Waals surface area (Å²) < 4.78 is 1.11. The van der Waals surface area contributed by atoms with Gasteiger partial charge in [-0.25, -0.2) is 0 Å². The standard InChI is InChI=1S/C21H37BrN/c1-23(2,20-21-16-12-11-13-17-21)19-15-10-8-6-4-3-5-7-9-14-18-22/h11-13,16-17H,3-10,14-15,18-20H2,1-2H3/q+1. The highest BCUT2D eigenvalue weighted by atomic mass is 79.9. The highest BCUT2D eigenvalue weighted by molar-refractivity contribution is 9.09. The van der Waals surface area contributed by atoms with Gasteiger partial charge in [0.2, 0.25) is 0 Å². The molecular formula is C21H37BrN+. The molecule has 0 atom stereocenters. The van der Waals surface area contributed by atoms with Gasteiger partial charge in [0, 0.05) is 10.9 Å². The summed E-state index contributed by atoms with van der Waals surface area (Å²) in [7, 11) is 4.72. The third kappa shape index (κ3) is 11.8. The fourth-order valence-corrected chi connectivity index (χ4v) is 3.60. The van der Waals surface area contributed by atoms with E-state index in [1.165, 1.54) is 81.6 Å². The number of nitrogens with zero attached hydrogens (tertiary/aromatic N) is 1. The number of hydrogen-bond acceptors (Lipinski definition) is 0. The summed E-state index contributed by atoms with van der Waals surface area (Å²) in [6.07, 6.45) is 14.1. The van der Waals surface area contributed by atoms with Gasteiger partial charge in [-0.1, -0.05) is 91.2 Å². The van der Waals surface area contributed by atoms with Crippen molar-refractivity contribution in [3.8, 4) is 0 Å². The van der Waals surface area contributed by atoms with E-state index in [1.54, 1.807) is 0 Å². The Bertz CT molecular complexity index is 375. The van der Waals surface area contributed by atoms with Crippen LogP contribution in [-0.4, -0.2) is 30.5 Å². The van der Waals surface area contributed by atoms with E-state index < -0.39 is 0 Å². The molecule has 1 nitrogen and oxygen atoms in total. The molecule has 1 aromatic rings. The van der Waals surface area contributed by atoms with Gasteiger partial charge in [0.15, 0.2) is 0 Å². The first-order chi connectivity index (χ1) is 11.1. The summed E-state index contributed by atoms with van der Waals surface area (Å²) in [6, 6.07) is 10.9. The van der Waals surface area contributed by atoms with Crippen LogP contribution in [0.4, 0.5) is 0 Å². The van der Waals surface area contributed by atoms with Crippen molar-refractivity contribution in [3.63, 3.8) is 0 Å². The van der Waals surface area contributed by atoms with Gasteiger partial charge in [0.25, 0.3) is 0 Å². The minimum atomic E-state index is 1.11. The SMILES string of the molecule is C[N+](C)(CCCCCCCCCCCCBr)Cc1ccccc1. The van der Waals surface area contributed by atoms with E-state index in [1.807, 2.05) is 0 Å². The normalized spacial score (nSPS) is 11.8. The van der Waals surface area contributed by atoms with E-state index in [9.17, 15) is 0 Å². The van der Waals surface area contributed by atoms with Crippen LogP contribution < -0.4 is 0 Å². The zero-order valence-electron chi connectivity index (χ0n) is 15.4. The predicted octanol–water partition coefficient (Wildman–Crippen LogP) is 6.56. The first-order valence-electron chi connectivity index (χ1n) is 9.56. The molecule has 23 heavy (non-hydrogen) atoms. The minimum Gasteiger partial charge on any atom is -0.325 e. The van der Waals surface area contributed by atoms with E-state index in [2.05, 4.69) is 60.4 Å². The van der Waals surface area contributed by atoms with Crippen molar-refractivity contribution >= 4 is 15.9 Å². The molecule has 132 valence electrons. The summed E-state index contributed by atoms with van der Waals surface area (Å²) >= 11 is 3.50. The number of quaternary nitrogens is 1. The van der Waals surface area contributed by atoms with Crippen LogP contribution in [0.3, 0.4) is 0 Å². The average Bonchev–Trinajstić information content (AvgIpc) is 2.53. The second-order valence-corrected chi connectivity index (χ2v) is 8.32. The Labute approximate surface area is 153 Å². The lowest BCUT2D eigenvalue weighted by molar-refractivity contribution is -0.903. The van der Waals surface area contributed by atoms with Gasteiger partial charge in [0.05, 0.1) is 20.6 Å². The largest absolute Gasteiger partial charge is 0.325 e. The quantitative estimate of drug-likeness (QED) is 0.194. The molecule has 0 saturated carbocycles. The topological polar surface area (TPSA) is 0 Å². The lowest BCUT2D eigenvalue weighted by Gasteiger charge is -2.30. The Morgan fingerprint density at radius 2 is 1.17 bits per heavy atom. The van der Waals surface area contributed by atoms with E-state index >= 15 is 0 Å². The van der Waals surface area contributed by atoms with Gasteiger partial charge in [-0.05, 0) is 19.3 Å². The molecule has 0 aliphatic heterocycles. The van der Waals surface area contributed by atoms with Crippen LogP contribution in [0, 0.1) is 0 Å². The molecule has 0 radical (unpaired) electrons. The van der Waals surface area contributed by atoms with Crippen LogP contribution in [-0.2, 0) is 6.54 Å². The van der Waals surface area contributed by atoms with Crippen LogP contribution in [0.15, 0.2) is 30.3 Å². The molecule has 0 fully saturated rings. The molecule has 0 spiro atoms. The van der Waals surface area contributed by atoms with Gasteiger partial charge >= 0.3 is 0 Å². The van der Waals surface area contributed by atoms with Gasteiger partial charge in [-0.3, -0.25) is 0 Å². The minimum absolute atomic E-state index is 1.11. The van der Waals surface area contributed by atoms with Crippen LogP contribution in [0.25, 0.3) is 0 Å². The highest BCUT2D eigenvalue weighted by Crippen LogP contribution is 2.14. The van der Waals surface area contributed by atoms with Gasteiger partial charge in [0.1, 0.15) is 6.54 Å². The molecule has 1 rings (SSSR count). The maximum absolute atomic E-state index is 3.50. The van der Waals surface area contributed by atoms with Crippen molar-refractivity contribution in [2.24, 2.45) is 0 Å². The summed E-state index contributed by atoms with van der Waals surface area (Å²) in [5.41, 5.74) is 1.46. The molecule has 0 aromatic heterocycles. The number of unbranched alkanes of at least 4 members (excludes halogenated alkanes) is 9. The number of rotatable bonds is 14. The van der Waals surface area contributed by atoms with Crippen LogP contribution in [0.1, 0.15) is 69.8 Å². The smallest absolute Gasteiger partial charge is 0.104 e. The molecule has 1 aromatic carbocycles. The molecule has 0 aliphatic rings. The number of alkyl halides is 1. The third-order valence-electron chi connectivity index (χ3n) is 4.60. The van der Waals surface area contributed by atoms with Crippen LogP contribution >= 0.6 is 15.9 Å². The molecule has 0 aliphatic carbocycles. The summed E-state index contributed by atoms with van der Waals surface area (Å²) in [5.74, 6) is 0. The first kappa shape index (κ1) is 20.7. The van der Waals surface area contributed by atoms with Gasteiger partial charge < -0.3 is 4.48 Å². The molecule has 0 amide bonds. The predicted molar refractivity (Wildman–Crippen MR) is 107 cm³/mol. The number of benzene rings is 1. The third-order valence-corrected chi connectivity index (χ3v) is 5.16. The zero-order valence-corrected chi connectivity index (χ0v) is 17.0. The summed E-state index contributed by atoms with van der Waals surface area (Å²) in [6.45, 7) is 2.44. The second-order valence-electron chi connectivity index (χ2n) is 7.53. The fourth-order valence-electron chi connectivity index (χ4n) is 3.21. The monoisotopic (exact) mass is 382 g/mol. The lowest BCUT2D eigenvalue weighted by atomic mass is 10.1. The molecule has 2 heteroatoms. The first-order valence-corrected chi connectivity index (χ1v) is 10.7. The maximum Gasteiger partial charge on any atom is 0.104 e. The van der Waals surface area contributed by atoms with Crippen molar-refractivity contribution < 1.29 is 4.48 Å². The Kier molecular flexibility index (Phi) is 11.7. The van der Waals surface area contributed by atoms with Crippen molar-refractivity contribution in [3.05, 3.63) is 35.9 Å². The number of hydrogen-bond donors (Lipinski definition) is 0. The van der Waals surface area contributed by atoms with Crippen LogP contribution in [0.5, 0.6) is 0 Å². The number of halogens is 1. The average molecular weight is 383 g/mol. The van der Waals surface area contributed by atoms with E-state index in [0.717, 1.165) is 11.0 Å². The van der Waals surface area contributed by atoms with Crippen molar-refractivity contribution in [2.45, 2.75) is 70.8 Å². The molecule has 0 heterocycles. The van der Waals surface area contributed by atoms with Crippen molar-refractivity contribution in [1.29, 1.82) is 0 Å². The zero-order chi connectivity index (χ0) is 16.8. The molecule has 0 bridgehead atoms. The molecule has 0 unspecified atom stereocenters. The van der Waals surface area contributed by atoms with Gasteiger partial charge in [-0.15, -0.1) is 0 Å². The summed E-state index contributed by atoms with van der Waals surface area (Å²) in [4.78, 5) is 0. The van der Waals surface area contributed by atoms with Gasteiger partial charge in [-0.2, -0.15) is 0 Å². The van der Waals surface area contributed by atoms with Crippen molar-refractivity contribution in [1.82, 2.24) is 0 Å². The molecule has 0 saturated heterocycles. The Morgan fingerprint density at radius 3 is 1.70 bits per heavy atom. The van der Waals surface area contributed by atoms with E-state index in [0.29, 0.717) is 0 Å². The van der Waals surface area contributed by atoms with E-state index in [-0.39, 0.29) is 0 Å². The maximum atomic E-state index is 3.50. The van der Waals surface area contributed by atoms with Crippen molar-refractivity contribution in [2.75, 3.05) is 26.0 Å².